The second-order valence-corrected chi connectivity index (χ2v) is 14.0. The van der Waals surface area contributed by atoms with Crippen molar-refractivity contribution in [3.63, 3.8) is 0 Å². The quantitative estimate of drug-likeness (QED) is 0.133. The van der Waals surface area contributed by atoms with E-state index in [1.807, 2.05) is 85.5 Å². The van der Waals surface area contributed by atoms with Gasteiger partial charge in [-0.3, -0.25) is 19.3 Å². The van der Waals surface area contributed by atoms with Crippen molar-refractivity contribution >= 4 is 40.9 Å². The molecule has 0 aromatic heterocycles. The third kappa shape index (κ3) is 10.4. The molecule has 0 aliphatic carbocycles. The van der Waals surface area contributed by atoms with E-state index >= 15 is 0 Å². The van der Waals surface area contributed by atoms with Gasteiger partial charge in [0.15, 0.2) is 0 Å². The average Bonchev–Trinajstić information content (AvgIpc) is 3.14. The minimum atomic E-state index is -0.944. The highest BCUT2D eigenvalue weighted by molar-refractivity contribution is 6.30. The van der Waals surface area contributed by atoms with Gasteiger partial charge in [-0.25, -0.2) is 0 Å². The Balaban J connectivity index is 1.29. The summed E-state index contributed by atoms with van der Waals surface area (Å²) in [4.78, 5) is 49.3. The lowest BCUT2D eigenvalue weighted by molar-refractivity contribution is -0.159. The molecule has 3 atom stereocenters. The van der Waals surface area contributed by atoms with Gasteiger partial charge < -0.3 is 24.2 Å². The molecule has 2 aliphatic rings. The highest BCUT2D eigenvalue weighted by atomic mass is 35.5. The molecule has 0 bridgehead atoms. The van der Waals surface area contributed by atoms with Crippen molar-refractivity contribution in [2.45, 2.75) is 70.3 Å². The molecule has 0 saturated carbocycles. The highest BCUT2D eigenvalue weighted by Crippen LogP contribution is 2.25. The Kier molecular flexibility index (Phi) is 14.0. The number of amides is 3. The van der Waals surface area contributed by atoms with Crippen LogP contribution in [0.1, 0.15) is 49.8 Å². The number of carbonyl (C=O) groups is 3. The van der Waals surface area contributed by atoms with E-state index in [2.05, 4.69) is 4.90 Å². The van der Waals surface area contributed by atoms with Gasteiger partial charge in [-0.1, -0.05) is 84.7 Å². The first-order chi connectivity index (χ1) is 24.2. The number of rotatable bonds is 16. The molecule has 3 aromatic rings. The maximum Gasteiger partial charge on any atom is 0.247 e. The topological polar surface area (TPSA) is 82.6 Å². The molecule has 50 heavy (non-hydrogen) atoms. The second-order valence-electron chi connectivity index (χ2n) is 13.0. The first kappa shape index (κ1) is 37.6. The predicted octanol–water partition coefficient (Wildman–Crippen LogP) is 6.01. The summed E-state index contributed by atoms with van der Waals surface area (Å²) in [5.41, 5.74) is 2.17. The largest absolute Gasteiger partial charge is 0.489 e. The lowest BCUT2D eigenvalue weighted by Crippen LogP contribution is -2.63. The van der Waals surface area contributed by atoms with Crippen molar-refractivity contribution < 1.29 is 23.9 Å². The van der Waals surface area contributed by atoms with Gasteiger partial charge in [-0.2, -0.15) is 0 Å². The van der Waals surface area contributed by atoms with Crippen molar-refractivity contribution in [2.75, 3.05) is 45.9 Å². The predicted molar refractivity (Wildman–Crippen MR) is 196 cm³/mol. The van der Waals surface area contributed by atoms with Crippen LogP contribution in [0.3, 0.4) is 0 Å². The van der Waals surface area contributed by atoms with Gasteiger partial charge in [0.1, 0.15) is 30.4 Å². The first-order valence-electron chi connectivity index (χ1n) is 17.6. The SMILES string of the molecule is CCC(C)N(Cc1ccc(OCc2ccccc2)cc1)C(=O)CC1C(=O)N(C(Cl)Cc2ccc(Cl)cc2)CC(=O)N1CCCN1CCOCC1. The molecule has 3 aromatic carbocycles. The molecule has 0 radical (unpaired) electrons. The summed E-state index contributed by atoms with van der Waals surface area (Å²) >= 11 is 12.9. The lowest BCUT2D eigenvalue weighted by atomic mass is 10.0. The molecule has 0 spiro atoms. The molecule has 268 valence electrons. The number of benzene rings is 3. The Labute approximate surface area is 306 Å². The van der Waals surface area contributed by atoms with E-state index in [0.717, 1.165) is 48.5 Å². The maximum atomic E-state index is 14.2. The number of alkyl halides is 1. The fourth-order valence-electron chi connectivity index (χ4n) is 6.36. The molecule has 3 amide bonds. The summed E-state index contributed by atoms with van der Waals surface area (Å²) in [5, 5.41) is 0.605. The van der Waals surface area contributed by atoms with Gasteiger partial charge in [0, 0.05) is 50.2 Å². The van der Waals surface area contributed by atoms with Gasteiger partial charge in [0.2, 0.25) is 17.7 Å². The molecule has 0 N–H and O–H groups in total. The van der Waals surface area contributed by atoms with Crippen LogP contribution in [-0.2, 0) is 38.7 Å². The van der Waals surface area contributed by atoms with Crippen molar-refractivity contribution in [1.82, 2.24) is 19.6 Å². The first-order valence-corrected chi connectivity index (χ1v) is 18.4. The van der Waals surface area contributed by atoms with E-state index in [0.29, 0.717) is 50.8 Å². The normalized spacial score (nSPS) is 18.2. The molecule has 2 aliphatic heterocycles. The van der Waals surface area contributed by atoms with Crippen LogP contribution >= 0.6 is 23.2 Å². The number of carbonyl (C=O) groups excluding carboxylic acids is 3. The Morgan fingerprint density at radius 3 is 2.30 bits per heavy atom. The number of hydrogen-bond donors (Lipinski definition) is 0. The van der Waals surface area contributed by atoms with Crippen LogP contribution in [0.25, 0.3) is 0 Å². The zero-order valence-corrected chi connectivity index (χ0v) is 30.5. The number of morpholine rings is 1. The number of hydrogen-bond acceptors (Lipinski definition) is 6. The van der Waals surface area contributed by atoms with Gasteiger partial charge in [-0.05, 0) is 60.7 Å². The van der Waals surface area contributed by atoms with Gasteiger partial charge in [0.25, 0.3) is 0 Å². The van der Waals surface area contributed by atoms with E-state index in [4.69, 9.17) is 32.7 Å². The monoisotopic (exact) mass is 722 g/mol. The van der Waals surface area contributed by atoms with Crippen LogP contribution in [0.4, 0.5) is 0 Å². The summed E-state index contributed by atoms with van der Waals surface area (Å²) < 4.78 is 11.4. The molecule has 3 unspecified atom stereocenters. The van der Waals surface area contributed by atoms with Crippen molar-refractivity contribution in [2.24, 2.45) is 0 Å². The van der Waals surface area contributed by atoms with Crippen LogP contribution in [0.2, 0.25) is 5.02 Å². The average molecular weight is 724 g/mol. The zero-order valence-electron chi connectivity index (χ0n) is 29.0. The molecule has 2 saturated heterocycles. The van der Waals surface area contributed by atoms with Crippen LogP contribution in [0.5, 0.6) is 5.75 Å². The highest BCUT2D eigenvalue weighted by Gasteiger charge is 2.43. The van der Waals surface area contributed by atoms with Crippen molar-refractivity contribution in [3.05, 3.63) is 101 Å². The summed E-state index contributed by atoms with van der Waals surface area (Å²) in [6.45, 7) is 8.97. The number of ether oxygens (including phenoxy) is 2. The standard InChI is InChI=1S/C39H48Cl2N4O5/c1-3-29(2)44(26-31-12-16-34(17-13-31)50-28-32-8-5-4-6-9-32)37(46)25-35-39(48)45(36(41)24-30-10-14-33(40)15-11-30)27-38(47)43(35)19-7-18-42-20-22-49-23-21-42/h4-6,8-17,29,35-36H,3,7,18-28H2,1-2H3. The van der Waals surface area contributed by atoms with Crippen LogP contribution in [-0.4, -0.2) is 101 Å². The van der Waals surface area contributed by atoms with E-state index in [1.54, 1.807) is 17.0 Å². The molecule has 11 heteroatoms. The third-order valence-electron chi connectivity index (χ3n) is 9.54. The van der Waals surface area contributed by atoms with E-state index in [1.165, 1.54) is 4.90 Å². The summed E-state index contributed by atoms with van der Waals surface area (Å²) in [7, 11) is 0. The van der Waals surface area contributed by atoms with Crippen LogP contribution in [0.15, 0.2) is 78.9 Å². The molecule has 5 rings (SSSR count). The number of halogens is 2. The van der Waals surface area contributed by atoms with E-state index < -0.39 is 11.5 Å². The van der Waals surface area contributed by atoms with E-state index in [-0.39, 0.29) is 36.7 Å². The third-order valence-corrected chi connectivity index (χ3v) is 10.2. The van der Waals surface area contributed by atoms with Gasteiger partial charge in [0.05, 0.1) is 19.6 Å². The van der Waals surface area contributed by atoms with Gasteiger partial charge in [-0.15, -0.1) is 0 Å². The summed E-state index contributed by atoms with van der Waals surface area (Å²) in [6, 6.07) is 24.0. The Hall–Kier alpha value is -3.63. The minimum Gasteiger partial charge on any atom is -0.489 e. The molecular weight excluding hydrogens is 675 g/mol. The fourth-order valence-corrected chi connectivity index (χ4v) is 6.83. The Morgan fingerprint density at radius 1 is 0.940 bits per heavy atom. The minimum absolute atomic E-state index is 0.0811. The van der Waals surface area contributed by atoms with Crippen LogP contribution in [0, 0.1) is 0 Å². The molecule has 9 nitrogen and oxygen atoms in total. The fraction of sp³-hybridized carbons (Fsp3) is 0.462. The molecular formula is C39H48Cl2N4O5. The summed E-state index contributed by atoms with van der Waals surface area (Å²) in [6.07, 6.45) is 1.65. The Bertz CT molecular complexity index is 1540. The Morgan fingerprint density at radius 2 is 1.62 bits per heavy atom. The smallest absolute Gasteiger partial charge is 0.247 e. The summed E-state index contributed by atoms with van der Waals surface area (Å²) in [5.74, 6) is 0.0563. The number of piperazine rings is 1. The molecule has 2 fully saturated rings. The van der Waals surface area contributed by atoms with Crippen LogP contribution < -0.4 is 4.74 Å². The number of nitrogens with zero attached hydrogens (tertiary/aromatic N) is 4. The van der Waals surface area contributed by atoms with Crippen molar-refractivity contribution in [3.8, 4) is 5.75 Å². The zero-order chi connectivity index (χ0) is 35.5. The van der Waals surface area contributed by atoms with E-state index in [9.17, 15) is 14.4 Å². The lowest BCUT2D eigenvalue weighted by Gasteiger charge is -2.43. The molecule has 2 heterocycles. The van der Waals surface area contributed by atoms with Gasteiger partial charge >= 0.3 is 0 Å². The van der Waals surface area contributed by atoms with Crippen molar-refractivity contribution in [1.29, 1.82) is 0 Å². The maximum absolute atomic E-state index is 14.2. The second kappa shape index (κ2) is 18.6.